The van der Waals surface area contributed by atoms with E-state index < -0.39 is 28.3 Å². The van der Waals surface area contributed by atoms with Crippen LogP contribution in [0.2, 0.25) is 0 Å². The number of tetrazole rings is 1. The monoisotopic (exact) mass is 455 g/mol. The molecule has 0 aliphatic heterocycles. The Bertz CT molecular complexity index is 1230. The van der Waals surface area contributed by atoms with Gasteiger partial charge in [0, 0.05) is 18.0 Å². The average Bonchev–Trinajstić information content (AvgIpc) is 3.20. The molecule has 0 bridgehead atoms. The maximum absolute atomic E-state index is 13.1. The van der Waals surface area contributed by atoms with Gasteiger partial charge in [0.25, 0.3) is 10.0 Å². The summed E-state index contributed by atoms with van der Waals surface area (Å²) in [4.78, 5) is 17.6. The minimum absolute atomic E-state index is 0.116. The molecule has 0 atom stereocenters. The van der Waals surface area contributed by atoms with E-state index in [0.29, 0.717) is 22.2 Å². The van der Waals surface area contributed by atoms with Crippen molar-refractivity contribution in [3.8, 4) is 17.5 Å². The van der Waals surface area contributed by atoms with Gasteiger partial charge >= 0.3 is 6.09 Å². The van der Waals surface area contributed by atoms with Crippen LogP contribution in [-0.4, -0.2) is 56.2 Å². The number of sulfonamides is 1. The Morgan fingerprint density at radius 3 is 2.41 bits per heavy atom. The summed E-state index contributed by atoms with van der Waals surface area (Å²) in [6.45, 7) is 4.51. The summed E-state index contributed by atoms with van der Waals surface area (Å²) >= 11 is 0. The number of hydrogen-bond acceptors (Lipinski definition) is 9. The van der Waals surface area contributed by atoms with E-state index in [0.717, 1.165) is 5.56 Å². The second kappa shape index (κ2) is 9.11. The molecule has 2 aromatic heterocycles. The van der Waals surface area contributed by atoms with Crippen LogP contribution in [0.1, 0.15) is 26.3 Å². The summed E-state index contributed by atoms with van der Waals surface area (Å²) in [6.07, 6.45) is 2.22. The van der Waals surface area contributed by atoms with Gasteiger partial charge in [0.2, 0.25) is 5.82 Å². The highest BCUT2D eigenvalue weighted by molar-refractivity contribution is 7.89. The number of hydrogen-bond donors (Lipinski definition) is 0. The molecule has 0 saturated carbocycles. The first-order valence-electron chi connectivity index (χ1n) is 9.49. The van der Waals surface area contributed by atoms with E-state index in [1.807, 2.05) is 12.1 Å². The molecule has 2 heterocycles. The summed E-state index contributed by atoms with van der Waals surface area (Å²) < 4.78 is 31.6. The Morgan fingerprint density at radius 1 is 1.16 bits per heavy atom. The van der Waals surface area contributed by atoms with E-state index in [1.165, 1.54) is 29.1 Å². The van der Waals surface area contributed by atoms with E-state index in [2.05, 4.69) is 20.4 Å². The molecule has 0 aliphatic carbocycles. The van der Waals surface area contributed by atoms with Crippen molar-refractivity contribution >= 4 is 16.1 Å². The number of nitriles is 1. The zero-order valence-corrected chi connectivity index (χ0v) is 18.5. The van der Waals surface area contributed by atoms with Crippen LogP contribution < -0.4 is 0 Å². The lowest BCUT2D eigenvalue weighted by Crippen LogP contribution is -2.49. The number of nitrogens with zero attached hydrogens (tertiary/aromatic N) is 7. The normalized spacial score (nSPS) is 11.6. The molecule has 3 aromatic rings. The minimum Gasteiger partial charge on any atom is -0.433 e. The summed E-state index contributed by atoms with van der Waals surface area (Å²) in [5.41, 5.74) is 0.400. The van der Waals surface area contributed by atoms with Gasteiger partial charge < -0.3 is 4.74 Å². The molecule has 1 amide bonds. The van der Waals surface area contributed by atoms with Crippen molar-refractivity contribution in [1.29, 1.82) is 5.26 Å². The summed E-state index contributed by atoms with van der Waals surface area (Å²) in [6, 6.07) is 11.1. The van der Waals surface area contributed by atoms with Crippen molar-refractivity contribution in [2.24, 2.45) is 0 Å². The van der Waals surface area contributed by atoms with E-state index in [4.69, 9.17) is 10.00 Å². The van der Waals surface area contributed by atoms with Crippen LogP contribution in [0.15, 0.2) is 53.7 Å². The standard InChI is InChI=1S/C20H21N7O4S/c1-20(2,3)27(19(28)31-13-10-21)32(29,30)17-6-4-16(5-7-17)18-23-25-26(24-18)14-15-8-11-22-12-9-15/h4-9,11-12H,13-14H2,1-3H3. The van der Waals surface area contributed by atoms with Crippen LogP contribution >= 0.6 is 0 Å². The molecule has 0 N–H and O–H groups in total. The molecule has 0 radical (unpaired) electrons. The third-order valence-corrected chi connectivity index (χ3v) is 6.26. The molecular formula is C20H21N7O4S. The number of carbonyl (C=O) groups excluding carboxylic acids is 1. The van der Waals surface area contributed by atoms with Crippen LogP contribution in [0.25, 0.3) is 11.4 Å². The minimum atomic E-state index is -4.24. The van der Waals surface area contributed by atoms with E-state index in [9.17, 15) is 13.2 Å². The summed E-state index contributed by atoms with van der Waals surface area (Å²) in [7, 11) is -4.24. The highest BCUT2D eigenvalue weighted by atomic mass is 32.2. The Hall–Kier alpha value is -3.85. The third kappa shape index (κ3) is 5.06. The van der Waals surface area contributed by atoms with E-state index in [-0.39, 0.29) is 4.90 Å². The quantitative estimate of drug-likeness (QED) is 0.546. The van der Waals surface area contributed by atoms with Crippen molar-refractivity contribution in [2.45, 2.75) is 37.8 Å². The number of pyridine rings is 1. The van der Waals surface area contributed by atoms with Crippen LogP contribution in [0, 0.1) is 11.3 Å². The van der Waals surface area contributed by atoms with Gasteiger partial charge in [-0.3, -0.25) is 4.98 Å². The number of amides is 1. The number of rotatable bonds is 6. The molecule has 11 nitrogen and oxygen atoms in total. The highest BCUT2D eigenvalue weighted by Crippen LogP contribution is 2.27. The first-order chi connectivity index (χ1) is 15.1. The molecule has 0 unspecified atom stereocenters. The largest absolute Gasteiger partial charge is 0.433 e. The molecule has 0 aliphatic rings. The predicted molar refractivity (Wildman–Crippen MR) is 112 cm³/mol. The summed E-state index contributed by atoms with van der Waals surface area (Å²) in [5.74, 6) is 0.323. The van der Waals surface area contributed by atoms with Crippen molar-refractivity contribution < 1.29 is 17.9 Å². The van der Waals surface area contributed by atoms with Crippen LogP contribution in [0.5, 0.6) is 0 Å². The van der Waals surface area contributed by atoms with Gasteiger partial charge in [-0.25, -0.2) is 13.2 Å². The van der Waals surface area contributed by atoms with E-state index >= 15 is 0 Å². The van der Waals surface area contributed by atoms with Gasteiger partial charge in [0.1, 0.15) is 6.07 Å². The number of benzene rings is 1. The fraction of sp³-hybridized carbons (Fsp3) is 0.300. The van der Waals surface area contributed by atoms with Crippen molar-refractivity contribution in [3.05, 3.63) is 54.4 Å². The zero-order valence-electron chi connectivity index (χ0n) is 17.7. The Morgan fingerprint density at radius 2 is 1.81 bits per heavy atom. The Balaban J connectivity index is 1.84. The van der Waals surface area contributed by atoms with Crippen LogP contribution in [0.4, 0.5) is 4.79 Å². The van der Waals surface area contributed by atoms with Gasteiger partial charge in [-0.05, 0) is 67.9 Å². The molecular weight excluding hydrogens is 434 g/mol. The number of aromatic nitrogens is 5. The molecule has 0 spiro atoms. The van der Waals surface area contributed by atoms with Crippen LogP contribution in [-0.2, 0) is 21.3 Å². The average molecular weight is 456 g/mol. The van der Waals surface area contributed by atoms with Crippen LogP contribution in [0.3, 0.4) is 0 Å². The van der Waals surface area contributed by atoms with Gasteiger partial charge in [-0.2, -0.15) is 14.4 Å². The smallest absolute Gasteiger partial charge is 0.425 e. The fourth-order valence-corrected chi connectivity index (χ4v) is 4.50. The molecule has 0 saturated heterocycles. The lowest BCUT2D eigenvalue weighted by molar-refractivity contribution is 0.116. The Labute approximate surface area is 185 Å². The summed E-state index contributed by atoms with van der Waals surface area (Å²) in [5, 5.41) is 21.0. The lowest BCUT2D eigenvalue weighted by atomic mass is 10.1. The predicted octanol–water partition coefficient (Wildman–Crippen LogP) is 2.23. The van der Waals surface area contributed by atoms with Crippen molar-refractivity contribution in [2.75, 3.05) is 6.61 Å². The molecule has 1 aromatic carbocycles. The SMILES string of the molecule is CC(C)(C)N(C(=O)OCC#N)S(=O)(=O)c1ccc(-c2nnn(Cc3ccncc3)n2)cc1. The highest BCUT2D eigenvalue weighted by Gasteiger charge is 2.39. The lowest BCUT2D eigenvalue weighted by Gasteiger charge is -2.33. The van der Waals surface area contributed by atoms with Gasteiger partial charge in [-0.1, -0.05) is 0 Å². The van der Waals surface area contributed by atoms with Gasteiger partial charge in [0.05, 0.1) is 17.0 Å². The second-order valence-electron chi connectivity index (χ2n) is 7.68. The maximum atomic E-state index is 13.1. The Kier molecular flexibility index (Phi) is 6.50. The second-order valence-corrected chi connectivity index (χ2v) is 9.46. The molecule has 0 fully saturated rings. The van der Waals surface area contributed by atoms with E-state index in [1.54, 1.807) is 39.2 Å². The molecule has 166 valence electrons. The van der Waals surface area contributed by atoms with Gasteiger partial charge in [-0.15, -0.1) is 10.2 Å². The number of ether oxygens (including phenoxy) is 1. The first kappa shape index (κ1) is 22.8. The molecule has 32 heavy (non-hydrogen) atoms. The first-order valence-corrected chi connectivity index (χ1v) is 10.9. The topological polar surface area (TPSA) is 144 Å². The van der Waals surface area contributed by atoms with Crippen molar-refractivity contribution in [3.63, 3.8) is 0 Å². The maximum Gasteiger partial charge on any atom is 0.425 e. The van der Waals surface area contributed by atoms with Gasteiger partial charge in [0.15, 0.2) is 6.61 Å². The molecule has 3 rings (SSSR count). The fourth-order valence-electron chi connectivity index (χ4n) is 2.84. The zero-order chi connectivity index (χ0) is 23.4. The van der Waals surface area contributed by atoms with Crippen molar-refractivity contribution in [1.82, 2.24) is 29.5 Å². The molecule has 12 heteroatoms. The third-order valence-electron chi connectivity index (χ3n) is 4.21. The number of carbonyl (C=O) groups is 1.